The van der Waals surface area contributed by atoms with Gasteiger partial charge in [-0.15, -0.1) is 0 Å². The number of halogens is 1. The van der Waals surface area contributed by atoms with Crippen LogP contribution >= 0.6 is 0 Å². The predicted octanol–water partition coefficient (Wildman–Crippen LogP) is 2.96. The van der Waals surface area contributed by atoms with Crippen molar-refractivity contribution in [1.29, 1.82) is 0 Å². The van der Waals surface area contributed by atoms with Crippen LogP contribution in [0.3, 0.4) is 0 Å². The molecule has 0 heterocycles. The van der Waals surface area contributed by atoms with Crippen LogP contribution in [0.4, 0.5) is 4.39 Å². The van der Waals surface area contributed by atoms with Gasteiger partial charge in [0, 0.05) is 0 Å². The van der Waals surface area contributed by atoms with Gasteiger partial charge < -0.3 is 4.74 Å². The van der Waals surface area contributed by atoms with E-state index in [0.717, 1.165) is 5.56 Å². The van der Waals surface area contributed by atoms with Gasteiger partial charge in [0.1, 0.15) is 0 Å². The third kappa shape index (κ3) is 1.76. The maximum Gasteiger partial charge on any atom is 0.165 e. The van der Waals surface area contributed by atoms with Gasteiger partial charge in [0.2, 0.25) is 0 Å². The van der Waals surface area contributed by atoms with Crippen LogP contribution in [0.2, 0.25) is 0 Å². The third-order valence-corrected chi connectivity index (χ3v) is 1.84. The number of methoxy groups -OCH3 is 1. The fourth-order valence-corrected chi connectivity index (χ4v) is 1.04. The fraction of sp³-hybridized carbons (Fsp3) is 0.400. The maximum absolute atomic E-state index is 13.1. The number of benzene rings is 1. The van der Waals surface area contributed by atoms with Gasteiger partial charge >= 0.3 is 0 Å². The summed E-state index contributed by atoms with van der Waals surface area (Å²) >= 11 is 0. The lowest BCUT2D eigenvalue weighted by Crippen LogP contribution is -1.92. The Bertz CT molecular complexity index is 269. The highest BCUT2D eigenvalue weighted by atomic mass is 19.1. The van der Waals surface area contributed by atoms with Gasteiger partial charge in [-0.2, -0.15) is 0 Å². The minimum atomic E-state index is -0.288. The Balaban J connectivity index is 3.02. The van der Waals surface area contributed by atoms with Crippen LogP contribution in [0, 0.1) is 5.82 Å². The Morgan fingerprint density at radius 2 is 2.00 bits per heavy atom. The standard InChI is InChI=1S/C10H13FO/c1-7(2)8-4-5-10(12-3)9(11)6-8/h4-7H,1-3H3. The van der Waals surface area contributed by atoms with E-state index in [1.54, 1.807) is 6.07 Å². The SMILES string of the molecule is COc1ccc(C(C)C)cc1F. The van der Waals surface area contributed by atoms with E-state index in [4.69, 9.17) is 4.74 Å². The molecule has 0 aliphatic carbocycles. The summed E-state index contributed by atoms with van der Waals surface area (Å²) in [6.45, 7) is 4.06. The minimum Gasteiger partial charge on any atom is -0.494 e. The first-order valence-electron chi connectivity index (χ1n) is 3.98. The zero-order valence-electron chi connectivity index (χ0n) is 7.60. The smallest absolute Gasteiger partial charge is 0.165 e. The first-order chi connectivity index (χ1) is 5.65. The molecule has 0 aliphatic heterocycles. The second-order valence-corrected chi connectivity index (χ2v) is 3.05. The molecule has 66 valence electrons. The van der Waals surface area contributed by atoms with Gasteiger partial charge in [-0.05, 0) is 23.6 Å². The number of hydrogen-bond acceptors (Lipinski definition) is 1. The lowest BCUT2D eigenvalue weighted by Gasteiger charge is -2.07. The van der Waals surface area contributed by atoms with Crippen molar-refractivity contribution in [3.05, 3.63) is 29.6 Å². The number of rotatable bonds is 2. The summed E-state index contributed by atoms with van der Waals surface area (Å²) in [5.74, 6) is 0.369. The quantitative estimate of drug-likeness (QED) is 0.659. The molecular formula is C10H13FO. The van der Waals surface area contributed by atoms with E-state index in [1.165, 1.54) is 13.2 Å². The van der Waals surface area contributed by atoms with E-state index in [2.05, 4.69) is 0 Å². The van der Waals surface area contributed by atoms with Crippen molar-refractivity contribution in [2.24, 2.45) is 0 Å². The van der Waals surface area contributed by atoms with Gasteiger partial charge in [0.05, 0.1) is 7.11 Å². The van der Waals surface area contributed by atoms with Crippen molar-refractivity contribution in [3.63, 3.8) is 0 Å². The Morgan fingerprint density at radius 3 is 2.42 bits per heavy atom. The minimum absolute atomic E-state index is 0.288. The highest BCUT2D eigenvalue weighted by Gasteiger charge is 2.05. The summed E-state index contributed by atoms with van der Waals surface area (Å²) in [6, 6.07) is 5.06. The van der Waals surface area contributed by atoms with E-state index >= 15 is 0 Å². The Hall–Kier alpha value is -1.05. The molecule has 0 aliphatic rings. The van der Waals surface area contributed by atoms with Gasteiger partial charge in [-0.25, -0.2) is 4.39 Å². The molecule has 1 nitrogen and oxygen atoms in total. The van der Waals surface area contributed by atoms with E-state index in [1.807, 2.05) is 19.9 Å². The lowest BCUT2D eigenvalue weighted by atomic mass is 10.0. The first kappa shape index (κ1) is 9.04. The molecule has 0 radical (unpaired) electrons. The van der Waals surface area contributed by atoms with Gasteiger partial charge in [0.25, 0.3) is 0 Å². The van der Waals surface area contributed by atoms with E-state index in [-0.39, 0.29) is 5.82 Å². The van der Waals surface area contributed by atoms with Crippen LogP contribution in [-0.4, -0.2) is 7.11 Å². The van der Waals surface area contributed by atoms with Crippen LogP contribution < -0.4 is 4.74 Å². The van der Waals surface area contributed by atoms with Gasteiger partial charge in [-0.1, -0.05) is 19.9 Å². The molecule has 0 atom stereocenters. The molecule has 12 heavy (non-hydrogen) atoms. The Kier molecular flexibility index (Phi) is 2.69. The van der Waals surface area contributed by atoms with Crippen molar-refractivity contribution < 1.29 is 9.13 Å². The molecule has 0 bridgehead atoms. The maximum atomic E-state index is 13.1. The molecule has 0 N–H and O–H groups in total. The molecule has 0 fully saturated rings. The summed E-state index contributed by atoms with van der Waals surface area (Å²) in [7, 11) is 1.47. The fourth-order valence-electron chi connectivity index (χ4n) is 1.04. The topological polar surface area (TPSA) is 9.23 Å². The summed E-state index contributed by atoms with van der Waals surface area (Å²) in [5, 5.41) is 0. The largest absolute Gasteiger partial charge is 0.494 e. The van der Waals surface area contributed by atoms with E-state index < -0.39 is 0 Å². The summed E-state index contributed by atoms with van der Waals surface area (Å²) in [4.78, 5) is 0. The van der Waals surface area contributed by atoms with Crippen LogP contribution in [0.1, 0.15) is 25.3 Å². The monoisotopic (exact) mass is 168 g/mol. The highest BCUT2D eigenvalue weighted by Crippen LogP contribution is 2.22. The van der Waals surface area contributed by atoms with Crippen molar-refractivity contribution in [2.75, 3.05) is 7.11 Å². The summed E-state index contributed by atoms with van der Waals surface area (Å²) in [5.41, 5.74) is 0.994. The molecule has 0 aromatic heterocycles. The molecule has 0 saturated carbocycles. The van der Waals surface area contributed by atoms with Crippen LogP contribution in [-0.2, 0) is 0 Å². The average Bonchev–Trinajstić information content (AvgIpc) is 2.04. The normalized spacial score (nSPS) is 10.4. The van der Waals surface area contributed by atoms with Crippen molar-refractivity contribution in [2.45, 2.75) is 19.8 Å². The number of hydrogen-bond donors (Lipinski definition) is 0. The molecule has 1 aromatic rings. The molecule has 1 aromatic carbocycles. The van der Waals surface area contributed by atoms with Crippen LogP contribution in [0.25, 0.3) is 0 Å². The third-order valence-electron chi connectivity index (χ3n) is 1.84. The highest BCUT2D eigenvalue weighted by molar-refractivity contribution is 5.30. The van der Waals surface area contributed by atoms with Crippen molar-refractivity contribution in [1.82, 2.24) is 0 Å². The predicted molar refractivity (Wildman–Crippen MR) is 47.0 cm³/mol. The van der Waals surface area contributed by atoms with Crippen LogP contribution in [0.5, 0.6) is 5.75 Å². The van der Waals surface area contributed by atoms with Gasteiger partial charge in [0.15, 0.2) is 11.6 Å². The molecule has 0 unspecified atom stereocenters. The van der Waals surface area contributed by atoms with Gasteiger partial charge in [-0.3, -0.25) is 0 Å². The lowest BCUT2D eigenvalue weighted by molar-refractivity contribution is 0.386. The molecule has 0 spiro atoms. The second-order valence-electron chi connectivity index (χ2n) is 3.05. The average molecular weight is 168 g/mol. The zero-order valence-corrected chi connectivity index (χ0v) is 7.60. The second kappa shape index (κ2) is 3.57. The number of ether oxygens (including phenoxy) is 1. The van der Waals surface area contributed by atoms with Crippen molar-refractivity contribution in [3.8, 4) is 5.75 Å². The summed E-state index contributed by atoms with van der Waals surface area (Å²) in [6.07, 6.45) is 0. The molecule has 0 saturated heterocycles. The Labute approximate surface area is 72.2 Å². The molecular weight excluding hydrogens is 155 g/mol. The van der Waals surface area contributed by atoms with E-state index in [0.29, 0.717) is 11.7 Å². The molecule has 1 rings (SSSR count). The molecule has 0 amide bonds. The Morgan fingerprint density at radius 1 is 1.33 bits per heavy atom. The zero-order chi connectivity index (χ0) is 9.14. The van der Waals surface area contributed by atoms with Crippen molar-refractivity contribution >= 4 is 0 Å². The molecule has 2 heteroatoms. The summed E-state index contributed by atoms with van der Waals surface area (Å²) < 4.78 is 17.9. The van der Waals surface area contributed by atoms with E-state index in [9.17, 15) is 4.39 Å². The van der Waals surface area contributed by atoms with Crippen LogP contribution in [0.15, 0.2) is 18.2 Å². The first-order valence-corrected chi connectivity index (χ1v) is 3.98.